The molecule has 1 aromatic rings. The summed E-state index contributed by atoms with van der Waals surface area (Å²) in [6.07, 6.45) is -3.89. The quantitative estimate of drug-likeness (QED) is 0.789. The standard InChI is InChI=1S/C14H17F3N4O2/c1-19-3-2-10-8-20(13(22)23)4-5-21(10)12-11(19)6-9(7-18-12)14(15,16)17/h6-7,10H,2-5,8H2,1H3,(H,22,23). The van der Waals surface area contributed by atoms with Crippen molar-refractivity contribution in [3.8, 4) is 0 Å². The van der Waals surface area contributed by atoms with Gasteiger partial charge in [0, 0.05) is 45.5 Å². The number of anilines is 2. The Bertz CT molecular complexity index is 623. The van der Waals surface area contributed by atoms with Crippen LogP contribution in [0.25, 0.3) is 0 Å². The third-order valence-corrected chi connectivity index (χ3v) is 4.41. The topological polar surface area (TPSA) is 59.9 Å². The van der Waals surface area contributed by atoms with Gasteiger partial charge >= 0.3 is 12.3 Å². The Labute approximate surface area is 131 Å². The molecule has 3 heterocycles. The Balaban J connectivity index is 1.96. The number of alkyl halides is 3. The predicted molar refractivity (Wildman–Crippen MR) is 77.9 cm³/mol. The zero-order valence-electron chi connectivity index (χ0n) is 12.5. The fourth-order valence-corrected chi connectivity index (χ4v) is 3.12. The van der Waals surface area contributed by atoms with Gasteiger partial charge in [-0.1, -0.05) is 0 Å². The van der Waals surface area contributed by atoms with E-state index in [2.05, 4.69) is 4.98 Å². The van der Waals surface area contributed by atoms with Gasteiger partial charge < -0.3 is 19.8 Å². The van der Waals surface area contributed by atoms with Crippen LogP contribution in [0.2, 0.25) is 0 Å². The molecule has 0 aliphatic carbocycles. The number of piperazine rings is 1. The molecule has 2 aliphatic heterocycles. The molecule has 1 N–H and O–H groups in total. The Hall–Kier alpha value is -2.19. The highest BCUT2D eigenvalue weighted by Gasteiger charge is 2.37. The number of pyridine rings is 1. The first-order valence-corrected chi connectivity index (χ1v) is 7.30. The van der Waals surface area contributed by atoms with Crippen LogP contribution in [-0.4, -0.2) is 60.4 Å². The van der Waals surface area contributed by atoms with E-state index in [0.29, 0.717) is 44.1 Å². The molecule has 1 amide bonds. The minimum Gasteiger partial charge on any atom is -0.465 e. The number of hydrogen-bond donors (Lipinski definition) is 1. The first kappa shape index (κ1) is 15.7. The molecule has 3 rings (SSSR count). The van der Waals surface area contributed by atoms with Crippen LogP contribution in [0.4, 0.5) is 29.5 Å². The molecule has 9 heteroatoms. The molecule has 6 nitrogen and oxygen atoms in total. The lowest BCUT2D eigenvalue weighted by Crippen LogP contribution is -2.54. The van der Waals surface area contributed by atoms with Gasteiger partial charge in [0.2, 0.25) is 0 Å². The van der Waals surface area contributed by atoms with Gasteiger partial charge in [-0.25, -0.2) is 9.78 Å². The van der Waals surface area contributed by atoms with Gasteiger partial charge in [0.05, 0.1) is 11.3 Å². The molecule has 1 unspecified atom stereocenters. The summed E-state index contributed by atoms with van der Waals surface area (Å²) in [5.74, 6) is 0.494. The molecule has 1 aromatic heterocycles. The molecule has 0 spiro atoms. The highest BCUT2D eigenvalue weighted by molar-refractivity contribution is 5.71. The Morgan fingerprint density at radius 1 is 1.35 bits per heavy atom. The van der Waals surface area contributed by atoms with Crippen molar-refractivity contribution < 1.29 is 23.1 Å². The van der Waals surface area contributed by atoms with Crippen LogP contribution in [0, 0.1) is 0 Å². The molecular weight excluding hydrogens is 313 g/mol. The third-order valence-electron chi connectivity index (χ3n) is 4.41. The van der Waals surface area contributed by atoms with E-state index in [1.165, 1.54) is 4.90 Å². The van der Waals surface area contributed by atoms with Gasteiger partial charge in [-0.05, 0) is 12.5 Å². The molecular formula is C14H17F3N4O2. The lowest BCUT2D eigenvalue weighted by Gasteiger charge is -2.40. The Morgan fingerprint density at radius 3 is 2.74 bits per heavy atom. The average Bonchev–Trinajstić information content (AvgIpc) is 2.63. The second kappa shape index (κ2) is 5.47. The van der Waals surface area contributed by atoms with Gasteiger partial charge in [0.1, 0.15) is 0 Å². The molecule has 1 saturated heterocycles. The van der Waals surface area contributed by atoms with Crippen molar-refractivity contribution in [1.82, 2.24) is 9.88 Å². The number of carbonyl (C=O) groups is 1. The molecule has 2 aliphatic rings. The summed E-state index contributed by atoms with van der Waals surface area (Å²) < 4.78 is 38.7. The maximum atomic E-state index is 12.9. The number of rotatable bonds is 0. The number of halogens is 3. The summed E-state index contributed by atoms with van der Waals surface area (Å²) in [6.45, 7) is 1.63. The van der Waals surface area contributed by atoms with E-state index in [1.54, 1.807) is 11.9 Å². The van der Waals surface area contributed by atoms with Crippen LogP contribution < -0.4 is 9.80 Å². The van der Waals surface area contributed by atoms with Gasteiger partial charge in [0.25, 0.3) is 0 Å². The normalized spacial score (nSPS) is 21.6. The summed E-state index contributed by atoms with van der Waals surface area (Å²) in [5.41, 5.74) is -0.336. The SMILES string of the molecule is CN1CCC2CN(C(=O)O)CCN2c2ncc(C(F)(F)F)cc21. The molecule has 0 radical (unpaired) electrons. The number of fused-ring (bicyclic) bond motifs is 3. The molecule has 126 valence electrons. The van der Waals surface area contributed by atoms with Crippen molar-refractivity contribution in [2.45, 2.75) is 18.6 Å². The summed E-state index contributed by atoms with van der Waals surface area (Å²) in [4.78, 5) is 20.2. The Kier molecular flexibility index (Phi) is 3.73. The summed E-state index contributed by atoms with van der Waals surface area (Å²) >= 11 is 0. The number of amides is 1. The van der Waals surface area contributed by atoms with E-state index in [1.807, 2.05) is 4.90 Å². The van der Waals surface area contributed by atoms with E-state index in [9.17, 15) is 18.0 Å². The number of hydrogen-bond acceptors (Lipinski definition) is 4. The zero-order chi connectivity index (χ0) is 16.8. The maximum absolute atomic E-state index is 12.9. The van der Waals surface area contributed by atoms with E-state index < -0.39 is 17.8 Å². The van der Waals surface area contributed by atoms with Crippen molar-refractivity contribution >= 4 is 17.6 Å². The second-order valence-corrected chi connectivity index (χ2v) is 5.85. The fourth-order valence-electron chi connectivity index (χ4n) is 3.12. The van der Waals surface area contributed by atoms with Crippen molar-refractivity contribution in [3.63, 3.8) is 0 Å². The van der Waals surface area contributed by atoms with Gasteiger partial charge in [-0.2, -0.15) is 13.2 Å². The average molecular weight is 330 g/mol. The van der Waals surface area contributed by atoms with Gasteiger partial charge in [-0.3, -0.25) is 0 Å². The van der Waals surface area contributed by atoms with Crippen molar-refractivity contribution in [1.29, 1.82) is 0 Å². The van der Waals surface area contributed by atoms with Crippen LogP contribution in [0.1, 0.15) is 12.0 Å². The van der Waals surface area contributed by atoms with Crippen LogP contribution in [0.3, 0.4) is 0 Å². The van der Waals surface area contributed by atoms with E-state index >= 15 is 0 Å². The van der Waals surface area contributed by atoms with Crippen LogP contribution in [0.15, 0.2) is 12.3 Å². The largest absolute Gasteiger partial charge is 0.465 e. The summed E-state index contributed by atoms with van der Waals surface area (Å²) in [6, 6.07) is 1.04. The summed E-state index contributed by atoms with van der Waals surface area (Å²) in [7, 11) is 1.73. The monoisotopic (exact) mass is 330 g/mol. The molecule has 0 bridgehead atoms. The molecule has 0 saturated carbocycles. The van der Waals surface area contributed by atoms with Crippen LogP contribution >= 0.6 is 0 Å². The lowest BCUT2D eigenvalue weighted by molar-refractivity contribution is -0.137. The second-order valence-electron chi connectivity index (χ2n) is 5.85. The third kappa shape index (κ3) is 2.87. The maximum Gasteiger partial charge on any atom is 0.417 e. The molecule has 1 fully saturated rings. The van der Waals surface area contributed by atoms with Gasteiger partial charge in [0.15, 0.2) is 5.82 Å². The van der Waals surface area contributed by atoms with E-state index in [-0.39, 0.29) is 6.04 Å². The molecule has 0 aromatic carbocycles. The smallest absolute Gasteiger partial charge is 0.417 e. The highest BCUT2D eigenvalue weighted by Crippen LogP contribution is 2.38. The lowest BCUT2D eigenvalue weighted by atomic mass is 10.1. The van der Waals surface area contributed by atoms with Crippen molar-refractivity contribution in [3.05, 3.63) is 17.8 Å². The first-order chi connectivity index (χ1) is 10.8. The highest BCUT2D eigenvalue weighted by atomic mass is 19.4. The van der Waals surface area contributed by atoms with Crippen LogP contribution in [-0.2, 0) is 6.18 Å². The minimum absolute atomic E-state index is 0.0761. The molecule has 1 atom stereocenters. The number of aromatic nitrogens is 1. The van der Waals surface area contributed by atoms with E-state index in [4.69, 9.17) is 5.11 Å². The Morgan fingerprint density at radius 2 is 2.09 bits per heavy atom. The first-order valence-electron chi connectivity index (χ1n) is 7.30. The number of carboxylic acid groups (broad SMARTS) is 1. The number of nitrogens with zero attached hydrogens (tertiary/aromatic N) is 4. The summed E-state index contributed by atoms with van der Waals surface area (Å²) in [5, 5.41) is 9.13. The van der Waals surface area contributed by atoms with Crippen LogP contribution in [0.5, 0.6) is 0 Å². The minimum atomic E-state index is -4.43. The zero-order valence-corrected chi connectivity index (χ0v) is 12.5. The van der Waals surface area contributed by atoms with Crippen molar-refractivity contribution in [2.75, 3.05) is 43.0 Å². The predicted octanol–water partition coefficient (Wildman–Crippen LogP) is 2.11. The molecule has 23 heavy (non-hydrogen) atoms. The van der Waals surface area contributed by atoms with E-state index in [0.717, 1.165) is 12.3 Å². The van der Waals surface area contributed by atoms with Crippen molar-refractivity contribution in [2.24, 2.45) is 0 Å². The van der Waals surface area contributed by atoms with Gasteiger partial charge in [-0.15, -0.1) is 0 Å². The fraction of sp³-hybridized carbons (Fsp3) is 0.571.